The minimum absolute atomic E-state index is 0.0119. The van der Waals surface area contributed by atoms with Crippen molar-refractivity contribution in [2.24, 2.45) is 0 Å². The third-order valence-electron chi connectivity index (χ3n) is 4.17. The van der Waals surface area contributed by atoms with Gasteiger partial charge < -0.3 is 14.5 Å². The van der Waals surface area contributed by atoms with Crippen molar-refractivity contribution in [2.45, 2.75) is 32.9 Å². The maximum absolute atomic E-state index is 12.2. The molecule has 1 aromatic carbocycles. The summed E-state index contributed by atoms with van der Waals surface area (Å²) >= 11 is 0. The third-order valence-corrected chi connectivity index (χ3v) is 5.93. The molecule has 134 valence electrons. The van der Waals surface area contributed by atoms with Crippen LogP contribution in [0.5, 0.6) is 5.75 Å². The minimum Gasteiger partial charge on any atom is -0.485 e. The molecule has 0 spiro atoms. The summed E-state index contributed by atoms with van der Waals surface area (Å²) in [6.07, 6.45) is 0.442. The predicted molar refractivity (Wildman–Crippen MR) is 93.5 cm³/mol. The molecule has 1 atom stereocenters. The highest BCUT2D eigenvalue weighted by Gasteiger charge is 2.29. The molecule has 1 amide bonds. The van der Waals surface area contributed by atoms with E-state index in [9.17, 15) is 13.2 Å². The minimum atomic E-state index is -3.03. The first-order valence-electron chi connectivity index (χ1n) is 8.12. The molecule has 2 heterocycles. The summed E-state index contributed by atoms with van der Waals surface area (Å²) in [6.45, 7) is 4.17. The summed E-state index contributed by atoms with van der Waals surface area (Å²) in [6, 6.07) is 8.86. The van der Waals surface area contributed by atoms with Gasteiger partial charge in [-0.1, -0.05) is 12.1 Å². The van der Waals surface area contributed by atoms with E-state index in [4.69, 9.17) is 9.15 Å². The van der Waals surface area contributed by atoms with Crippen molar-refractivity contribution >= 4 is 15.7 Å². The van der Waals surface area contributed by atoms with Gasteiger partial charge in [-0.2, -0.15) is 0 Å². The van der Waals surface area contributed by atoms with Crippen LogP contribution in [-0.4, -0.2) is 31.9 Å². The summed E-state index contributed by atoms with van der Waals surface area (Å²) in [7, 11) is -3.03. The molecule has 1 aliphatic heterocycles. The largest absolute Gasteiger partial charge is 0.485 e. The van der Waals surface area contributed by atoms with E-state index in [0.29, 0.717) is 12.2 Å². The van der Waals surface area contributed by atoms with Gasteiger partial charge in [0.1, 0.15) is 18.1 Å². The van der Waals surface area contributed by atoms with Crippen molar-refractivity contribution in [3.63, 3.8) is 0 Å². The van der Waals surface area contributed by atoms with E-state index in [1.165, 1.54) is 0 Å². The number of furan rings is 1. The van der Waals surface area contributed by atoms with E-state index in [1.54, 1.807) is 12.1 Å². The van der Waals surface area contributed by atoms with Crippen LogP contribution in [0.2, 0.25) is 0 Å². The average Bonchev–Trinajstić information content (AvgIpc) is 3.15. The standard InChI is InChI=1S/C18H21NO5S/c1-12-3-4-13(2)17(9-12)23-10-15-5-6-16(24-15)18(20)19-14-7-8-25(21,22)11-14/h3-6,9,14H,7-8,10-11H2,1-2H3,(H,19,20)/t14-/m0/s1. The fraction of sp³-hybridized carbons (Fsp3) is 0.389. The Hall–Kier alpha value is -2.28. The van der Waals surface area contributed by atoms with Crippen molar-refractivity contribution < 1.29 is 22.4 Å². The molecule has 7 heteroatoms. The summed E-state index contributed by atoms with van der Waals surface area (Å²) in [5, 5.41) is 2.70. The number of hydrogen-bond acceptors (Lipinski definition) is 5. The van der Waals surface area contributed by atoms with E-state index >= 15 is 0 Å². The first-order chi connectivity index (χ1) is 11.8. The van der Waals surface area contributed by atoms with Gasteiger partial charge in [-0.25, -0.2) is 8.42 Å². The second-order valence-corrected chi connectivity index (χ2v) is 8.63. The Kier molecular flexibility index (Phi) is 4.85. The lowest BCUT2D eigenvalue weighted by atomic mass is 10.1. The van der Waals surface area contributed by atoms with Crippen LogP contribution < -0.4 is 10.1 Å². The zero-order chi connectivity index (χ0) is 18.0. The molecule has 6 nitrogen and oxygen atoms in total. The van der Waals surface area contributed by atoms with Crippen molar-refractivity contribution in [3.8, 4) is 5.75 Å². The molecule has 0 aliphatic carbocycles. The molecule has 1 aromatic heterocycles. The molecule has 0 unspecified atom stereocenters. The smallest absolute Gasteiger partial charge is 0.287 e. The highest BCUT2D eigenvalue weighted by atomic mass is 32.2. The fourth-order valence-corrected chi connectivity index (χ4v) is 4.43. The number of benzene rings is 1. The van der Waals surface area contributed by atoms with Crippen molar-refractivity contribution in [2.75, 3.05) is 11.5 Å². The molecule has 1 aliphatic rings. The van der Waals surface area contributed by atoms with Crippen LogP contribution in [0.15, 0.2) is 34.7 Å². The number of rotatable bonds is 5. The first kappa shape index (κ1) is 17.5. The van der Waals surface area contributed by atoms with Gasteiger partial charge in [0.05, 0.1) is 11.5 Å². The van der Waals surface area contributed by atoms with Gasteiger partial charge in [-0.15, -0.1) is 0 Å². The molecule has 1 saturated heterocycles. The van der Waals surface area contributed by atoms with Gasteiger partial charge in [-0.3, -0.25) is 4.79 Å². The van der Waals surface area contributed by atoms with E-state index < -0.39 is 15.7 Å². The Labute approximate surface area is 147 Å². The van der Waals surface area contributed by atoms with E-state index in [-0.39, 0.29) is 29.9 Å². The van der Waals surface area contributed by atoms with Crippen LogP contribution in [-0.2, 0) is 16.4 Å². The molecule has 2 aromatic rings. The van der Waals surface area contributed by atoms with Crippen LogP contribution in [0.1, 0.15) is 33.9 Å². The van der Waals surface area contributed by atoms with Gasteiger partial charge in [-0.05, 0) is 49.6 Å². The molecule has 0 bridgehead atoms. The van der Waals surface area contributed by atoms with Gasteiger partial charge in [0, 0.05) is 6.04 Å². The molecule has 25 heavy (non-hydrogen) atoms. The Balaban J connectivity index is 1.58. The maximum Gasteiger partial charge on any atom is 0.287 e. The van der Waals surface area contributed by atoms with Gasteiger partial charge in [0.25, 0.3) is 5.91 Å². The average molecular weight is 363 g/mol. The second-order valence-electron chi connectivity index (χ2n) is 6.40. The molecular weight excluding hydrogens is 342 g/mol. The summed E-state index contributed by atoms with van der Waals surface area (Å²) in [5.74, 6) is 1.17. The van der Waals surface area contributed by atoms with Crippen molar-refractivity contribution in [1.82, 2.24) is 5.32 Å². The van der Waals surface area contributed by atoms with Gasteiger partial charge >= 0.3 is 0 Å². The van der Waals surface area contributed by atoms with Crippen LogP contribution in [0, 0.1) is 13.8 Å². The Morgan fingerprint density at radius 2 is 2.08 bits per heavy atom. The Morgan fingerprint density at radius 1 is 1.28 bits per heavy atom. The number of sulfone groups is 1. The monoisotopic (exact) mass is 363 g/mol. The highest BCUT2D eigenvalue weighted by molar-refractivity contribution is 7.91. The van der Waals surface area contributed by atoms with Gasteiger partial charge in [0.2, 0.25) is 0 Å². The van der Waals surface area contributed by atoms with Crippen LogP contribution in [0.3, 0.4) is 0 Å². The zero-order valence-corrected chi connectivity index (χ0v) is 15.1. The second kappa shape index (κ2) is 6.92. The molecular formula is C18H21NO5S. The van der Waals surface area contributed by atoms with Gasteiger partial charge in [0.15, 0.2) is 15.6 Å². The topological polar surface area (TPSA) is 85.6 Å². The molecule has 0 saturated carbocycles. The summed E-state index contributed by atoms with van der Waals surface area (Å²) in [5.41, 5.74) is 2.13. The zero-order valence-electron chi connectivity index (χ0n) is 14.2. The summed E-state index contributed by atoms with van der Waals surface area (Å²) in [4.78, 5) is 12.2. The maximum atomic E-state index is 12.2. The number of carbonyl (C=O) groups excluding carboxylic acids is 1. The molecule has 0 radical (unpaired) electrons. The van der Waals surface area contributed by atoms with E-state index in [1.807, 2.05) is 32.0 Å². The Bertz CT molecular complexity index is 885. The molecule has 3 rings (SSSR count). The highest BCUT2D eigenvalue weighted by Crippen LogP contribution is 2.21. The molecule has 1 fully saturated rings. The lowest BCUT2D eigenvalue weighted by Crippen LogP contribution is -2.35. The number of hydrogen-bond donors (Lipinski definition) is 1. The number of ether oxygens (including phenoxy) is 1. The quantitative estimate of drug-likeness (QED) is 0.882. The van der Waals surface area contributed by atoms with E-state index in [0.717, 1.165) is 16.9 Å². The fourth-order valence-electron chi connectivity index (χ4n) is 2.75. The number of aryl methyl sites for hydroxylation is 2. The summed E-state index contributed by atoms with van der Waals surface area (Å²) < 4.78 is 34.2. The third kappa shape index (κ3) is 4.42. The first-order valence-corrected chi connectivity index (χ1v) is 9.94. The number of carbonyl (C=O) groups is 1. The number of nitrogens with one attached hydrogen (secondary N) is 1. The van der Waals surface area contributed by atoms with Crippen molar-refractivity contribution in [1.29, 1.82) is 0 Å². The number of amides is 1. The van der Waals surface area contributed by atoms with Crippen LogP contribution in [0.4, 0.5) is 0 Å². The Morgan fingerprint density at radius 3 is 2.80 bits per heavy atom. The van der Waals surface area contributed by atoms with Crippen molar-refractivity contribution in [3.05, 3.63) is 53.0 Å². The SMILES string of the molecule is Cc1ccc(C)c(OCc2ccc(C(=O)N[C@H]3CCS(=O)(=O)C3)o2)c1. The van der Waals surface area contributed by atoms with Crippen LogP contribution >= 0.6 is 0 Å². The molecule has 1 N–H and O–H groups in total. The van der Waals surface area contributed by atoms with Crippen LogP contribution in [0.25, 0.3) is 0 Å². The lowest BCUT2D eigenvalue weighted by molar-refractivity contribution is 0.0909. The van der Waals surface area contributed by atoms with E-state index in [2.05, 4.69) is 5.32 Å². The predicted octanol–water partition coefficient (Wildman–Crippen LogP) is 2.39. The normalized spacial score (nSPS) is 18.9. The lowest BCUT2D eigenvalue weighted by Gasteiger charge is -2.09.